The number of Topliss-reactive ketones (excluding diaryl/α,β-unsaturated/α-hetero) is 1. The Morgan fingerprint density at radius 2 is 2.22 bits per heavy atom. The zero-order valence-electron chi connectivity index (χ0n) is 10.9. The average Bonchev–Trinajstić information content (AvgIpc) is 3.06. The van der Waals surface area contributed by atoms with Crippen LogP contribution in [0, 0.1) is 11.3 Å². The monoisotopic (exact) mass is 250 g/mol. The van der Waals surface area contributed by atoms with Gasteiger partial charge in [-0.1, -0.05) is 19.4 Å². The first-order chi connectivity index (χ1) is 8.35. The molecule has 2 aliphatic carbocycles. The van der Waals surface area contributed by atoms with E-state index in [-0.39, 0.29) is 23.6 Å². The number of fused-ring (bicyclic) bond motifs is 3. The fourth-order valence-corrected chi connectivity index (χ4v) is 3.74. The summed E-state index contributed by atoms with van der Waals surface area (Å²) in [6, 6.07) is 0. The van der Waals surface area contributed by atoms with Crippen LogP contribution in [-0.4, -0.2) is 34.5 Å². The minimum absolute atomic E-state index is 0.00294. The fourth-order valence-electron chi connectivity index (χ4n) is 3.74. The lowest BCUT2D eigenvalue weighted by molar-refractivity contribution is -0.131. The summed E-state index contributed by atoms with van der Waals surface area (Å²) in [5.74, 6) is -0.436. The molecule has 0 amide bonds. The Morgan fingerprint density at radius 3 is 2.83 bits per heavy atom. The van der Waals surface area contributed by atoms with E-state index in [1.807, 2.05) is 13.8 Å². The molecule has 3 aliphatic rings. The first kappa shape index (κ1) is 12.1. The van der Waals surface area contributed by atoms with Crippen molar-refractivity contribution in [1.29, 1.82) is 0 Å². The minimum Gasteiger partial charge on any atom is -0.393 e. The van der Waals surface area contributed by atoms with Crippen LogP contribution in [-0.2, 0) is 14.3 Å². The SMILES string of the molecule is CC(=O)C12OC1C1(C)C(=CC2=O)CCC(O)C1C. The molecule has 0 aromatic rings. The van der Waals surface area contributed by atoms with Crippen molar-refractivity contribution in [3.8, 4) is 0 Å². The quantitative estimate of drug-likeness (QED) is 0.557. The van der Waals surface area contributed by atoms with E-state index in [4.69, 9.17) is 4.74 Å². The van der Waals surface area contributed by atoms with Gasteiger partial charge in [0.1, 0.15) is 6.10 Å². The summed E-state index contributed by atoms with van der Waals surface area (Å²) in [7, 11) is 0. The van der Waals surface area contributed by atoms with Crippen molar-refractivity contribution in [3.05, 3.63) is 11.6 Å². The number of ether oxygens (including phenoxy) is 1. The molecule has 4 heteroatoms. The highest BCUT2D eigenvalue weighted by atomic mass is 16.6. The smallest absolute Gasteiger partial charge is 0.215 e. The van der Waals surface area contributed by atoms with Crippen LogP contribution in [0.2, 0.25) is 0 Å². The van der Waals surface area contributed by atoms with Gasteiger partial charge in [0.2, 0.25) is 5.60 Å². The molecule has 0 aromatic heterocycles. The molecular weight excluding hydrogens is 232 g/mol. The van der Waals surface area contributed by atoms with Crippen LogP contribution in [0.1, 0.15) is 33.6 Å². The van der Waals surface area contributed by atoms with Crippen LogP contribution in [0.15, 0.2) is 11.6 Å². The molecule has 1 aliphatic heterocycles. The van der Waals surface area contributed by atoms with Crippen molar-refractivity contribution in [2.45, 2.75) is 51.4 Å². The second-order valence-electron chi connectivity index (χ2n) is 6.00. The van der Waals surface area contributed by atoms with Crippen molar-refractivity contribution in [1.82, 2.24) is 0 Å². The van der Waals surface area contributed by atoms with Crippen molar-refractivity contribution in [2.75, 3.05) is 0 Å². The van der Waals surface area contributed by atoms with Crippen molar-refractivity contribution in [3.63, 3.8) is 0 Å². The topological polar surface area (TPSA) is 66.9 Å². The van der Waals surface area contributed by atoms with Gasteiger partial charge in [-0.3, -0.25) is 9.59 Å². The number of carbonyl (C=O) groups is 2. The Morgan fingerprint density at radius 1 is 1.56 bits per heavy atom. The largest absolute Gasteiger partial charge is 0.393 e. The molecular formula is C14H18O4. The van der Waals surface area contributed by atoms with Gasteiger partial charge < -0.3 is 9.84 Å². The lowest BCUT2D eigenvalue weighted by atomic mass is 9.57. The molecule has 0 radical (unpaired) electrons. The molecule has 98 valence electrons. The minimum atomic E-state index is -1.25. The van der Waals surface area contributed by atoms with E-state index in [1.165, 1.54) is 6.92 Å². The fraction of sp³-hybridized carbons (Fsp3) is 0.714. The first-order valence-corrected chi connectivity index (χ1v) is 6.47. The average molecular weight is 250 g/mol. The summed E-state index contributed by atoms with van der Waals surface area (Å²) in [6.45, 7) is 5.39. The number of rotatable bonds is 1. The molecule has 3 rings (SSSR count). The predicted molar refractivity (Wildman–Crippen MR) is 63.9 cm³/mol. The molecule has 1 heterocycles. The van der Waals surface area contributed by atoms with E-state index in [0.717, 1.165) is 5.57 Å². The van der Waals surface area contributed by atoms with E-state index < -0.39 is 17.1 Å². The van der Waals surface area contributed by atoms with Crippen LogP contribution >= 0.6 is 0 Å². The first-order valence-electron chi connectivity index (χ1n) is 6.47. The molecule has 0 spiro atoms. The summed E-state index contributed by atoms with van der Waals surface area (Å²) >= 11 is 0. The highest BCUT2D eigenvalue weighted by molar-refractivity contribution is 6.18. The number of hydrogen-bond donors (Lipinski definition) is 1. The summed E-state index contributed by atoms with van der Waals surface area (Å²) < 4.78 is 5.57. The van der Waals surface area contributed by atoms with E-state index in [9.17, 15) is 14.7 Å². The number of ketones is 2. The van der Waals surface area contributed by atoms with Crippen LogP contribution in [0.4, 0.5) is 0 Å². The highest BCUT2D eigenvalue weighted by Crippen LogP contribution is 2.61. The van der Waals surface area contributed by atoms with Crippen molar-refractivity contribution < 1.29 is 19.4 Å². The Balaban J connectivity index is 2.10. The lowest BCUT2D eigenvalue weighted by Gasteiger charge is -2.45. The maximum atomic E-state index is 12.1. The molecule has 1 saturated heterocycles. The standard InChI is InChI=1S/C14H18O4/c1-7-10(16)5-4-9-6-11(17)14(8(2)15)12(18-14)13(7,9)3/h6-7,10,12,16H,4-5H2,1-3H3. The highest BCUT2D eigenvalue weighted by Gasteiger charge is 2.75. The third-order valence-corrected chi connectivity index (χ3v) is 5.28. The van der Waals surface area contributed by atoms with Gasteiger partial charge in [-0.15, -0.1) is 0 Å². The van der Waals surface area contributed by atoms with E-state index in [0.29, 0.717) is 12.8 Å². The second kappa shape index (κ2) is 3.31. The van der Waals surface area contributed by atoms with Gasteiger partial charge in [0, 0.05) is 5.41 Å². The molecule has 5 unspecified atom stereocenters. The normalized spacial score (nSPS) is 50.1. The summed E-state index contributed by atoms with van der Waals surface area (Å²) in [5.41, 5.74) is -0.606. The van der Waals surface area contributed by atoms with Crippen molar-refractivity contribution in [2.24, 2.45) is 11.3 Å². The van der Waals surface area contributed by atoms with Gasteiger partial charge in [0.15, 0.2) is 11.6 Å². The molecule has 1 saturated carbocycles. The van der Waals surface area contributed by atoms with Crippen LogP contribution in [0.3, 0.4) is 0 Å². The lowest BCUT2D eigenvalue weighted by Crippen LogP contribution is -2.51. The number of aliphatic hydroxyl groups excluding tert-OH is 1. The Labute approximate surface area is 106 Å². The Bertz CT molecular complexity index is 480. The predicted octanol–water partition coefficient (Wildman–Crippen LogP) is 1.02. The molecule has 18 heavy (non-hydrogen) atoms. The molecule has 0 bridgehead atoms. The number of aliphatic hydroxyl groups is 1. The molecule has 0 aromatic carbocycles. The summed E-state index contributed by atoms with van der Waals surface area (Å²) in [6.07, 6.45) is 2.19. The summed E-state index contributed by atoms with van der Waals surface area (Å²) in [5, 5.41) is 10.1. The third-order valence-electron chi connectivity index (χ3n) is 5.28. The Hall–Kier alpha value is -1.00. The molecule has 5 atom stereocenters. The van der Waals surface area contributed by atoms with Gasteiger partial charge in [0.25, 0.3) is 0 Å². The Kier molecular flexibility index (Phi) is 2.21. The number of carbonyl (C=O) groups excluding carboxylic acids is 2. The zero-order valence-corrected chi connectivity index (χ0v) is 10.9. The van der Waals surface area contributed by atoms with Crippen LogP contribution in [0.25, 0.3) is 0 Å². The maximum absolute atomic E-state index is 12.1. The van der Waals surface area contributed by atoms with Crippen LogP contribution < -0.4 is 0 Å². The van der Waals surface area contributed by atoms with E-state index in [2.05, 4.69) is 0 Å². The number of hydrogen-bond acceptors (Lipinski definition) is 4. The van der Waals surface area contributed by atoms with Crippen LogP contribution in [0.5, 0.6) is 0 Å². The maximum Gasteiger partial charge on any atom is 0.215 e. The van der Waals surface area contributed by atoms with E-state index >= 15 is 0 Å². The van der Waals surface area contributed by atoms with Gasteiger partial charge in [-0.2, -0.15) is 0 Å². The number of epoxide rings is 1. The molecule has 4 nitrogen and oxygen atoms in total. The van der Waals surface area contributed by atoms with E-state index in [1.54, 1.807) is 6.08 Å². The zero-order chi connectivity index (χ0) is 13.3. The third kappa shape index (κ3) is 1.13. The van der Waals surface area contributed by atoms with Crippen molar-refractivity contribution >= 4 is 11.6 Å². The second-order valence-corrected chi connectivity index (χ2v) is 6.00. The van der Waals surface area contributed by atoms with Gasteiger partial charge in [0.05, 0.1) is 6.10 Å². The van der Waals surface area contributed by atoms with Gasteiger partial charge in [-0.05, 0) is 31.8 Å². The summed E-state index contributed by atoms with van der Waals surface area (Å²) in [4.78, 5) is 23.8. The van der Waals surface area contributed by atoms with Gasteiger partial charge >= 0.3 is 0 Å². The van der Waals surface area contributed by atoms with Gasteiger partial charge in [-0.25, -0.2) is 0 Å². The molecule has 1 N–H and O–H groups in total. The molecule has 2 fully saturated rings.